The zero-order chi connectivity index (χ0) is 28.8. The van der Waals surface area contributed by atoms with Gasteiger partial charge in [0.2, 0.25) is 0 Å². The largest absolute Gasteiger partial charge is 0.460 e. The van der Waals surface area contributed by atoms with Gasteiger partial charge in [0.05, 0.1) is 0 Å². The van der Waals surface area contributed by atoms with Gasteiger partial charge in [-0.15, -0.1) is 0 Å². The second-order valence-corrected chi connectivity index (χ2v) is 12.1. The minimum absolute atomic E-state index is 0.233. The molecule has 42 heavy (non-hydrogen) atoms. The summed E-state index contributed by atoms with van der Waals surface area (Å²) in [5.74, 6) is 2.40. The Hall–Kier alpha value is -4.27. The van der Waals surface area contributed by atoms with Gasteiger partial charge >= 0.3 is 0 Å². The monoisotopic (exact) mass is 562 g/mol. The van der Waals surface area contributed by atoms with Crippen LogP contribution in [0, 0.1) is 6.92 Å². The highest BCUT2D eigenvalue weighted by Crippen LogP contribution is 2.46. The van der Waals surface area contributed by atoms with Crippen LogP contribution in [-0.2, 0) is 11.8 Å². The van der Waals surface area contributed by atoms with Gasteiger partial charge in [0.15, 0.2) is 0 Å². The summed E-state index contributed by atoms with van der Waals surface area (Å²) in [6, 6.07) is 39.6. The van der Waals surface area contributed by atoms with E-state index in [4.69, 9.17) is 4.74 Å². The first-order valence-corrected chi connectivity index (χ1v) is 15.3. The van der Waals surface area contributed by atoms with Crippen molar-refractivity contribution in [1.82, 2.24) is 0 Å². The zero-order valence-electron chi connectivity index (χ0n) is 24.3. The van der Waals surface area contributed by atoms with Gasteiger partial charge in [-0.2, -0.15) is 12.6 Å². The molecule has 6 aromatic rings. The van der Waals surface area contributed by atoms with Crippen molar-refractivity contribution >= 4 is 44.9 Å². The van der Waals surface area contributed by atoms with Crippen LogP contribution in [0.3, 0.4) is 0 Å². The highest BCUT2D eigenvalue weighted by Gasteiger charge is 2.35. The minimum Gasteiger partial charge on any atom is -0.460 e. The maximum atomic E-state index is 6.47. The van der Waals surface area contributed by atoms with E-state index >= 15 is 0 Å². The lowest BCUT2D eigenvalue weighted by Gasteiger charge is -2.35. The van der Waals surface area contributed by atoms with Crippen LogP contribution in [0.25, 0.3) is 43.4 Å². The van der Waals surface area contributed by atoms with Crippen molar-refractivity contribution in [3.63, 3.8) is 0 Å². The normalized spacial score (nSPS) is 14.6. The minimum atomic E-state index is -0.233. The van der Waals surface area contributed by atoms with Crippen LogP contribution < -0.4 is 4.74 Å². The Kier molecular flexibility index (Phi) is 6.67. The van der Waals surface area contributed by atoms with Gasteiger partial charge < -0.3 is 4.74 Å². The number of aryl methyl sites for hydroxylation is 1. The van der Waals surface area contributed by atoms with Crippen molar-refractivity contribution in [3.8, 4) is 16.9 Å². The average Bonchev–Trinajstić information content (AvgIpc) is 3.02. The molecule has 0 N–H and O–H groups in total. The number of thiol groups is 1. The second-order valence-electron chi connectivity index (χ2n) is 11.8. The Labute approximate surface area is 253 Å². The molecule has 1 aliphatic rings. The van der Waals surface area contributed by atoms with E-state index in [0.717, 1.165) is 17.9 Å². The Morgan fingerprint density at radius 3 is 1.90 bits per heavy atom. The van der Waals surface area contributed by atoms with E-state index in [1.165, 1.54) is 65.7 Å². The summed E-state index contributed by atoms with van der Waals surface area (Å²) in [5, 5.41) is 7.76. The molecule has 0 saturated heterocycles. The molecule has 0 aliphatic carbocycles. The maximum Gasteiger partial charge on any atom is 0.131 e. The molecular weight excluding hydrogens is 529 g/mol. The Morgan fingerprint density at radius 1 is 0.667 bits per heavy atom. The number of benzene rings is 6. The Morgan fingerprint density at radius 2 is 1.24 bits per heavy atom. The van der Waals surface area contributed by atoms with Gasteiger partial charge in [-0.3, -0.25) is 0 Å². The summed E-state index contributed by atoms with van der Waals surface area (Å²) in [6.45, 7) is 6.77. The fourth-order valence-electron chi connectivity index (χ4n) is 6.62. The topological polar surface area (TPSA) is 9.23 Å². The molecular formula is C40H34OS. The van der Waals surface area contributed by atoms with Crippen LogP contribution in [0.1, 0.15) is 30.5 Å². The summed E-state index contributed by atoms with van der Waals surface area (Å²) in [5.41, 5.74) is 7.22. The molecule has 1 aliphatic heterocycles. The molecule has 0 fully saturated rings. The summed E-state index contributed by atoms with van der Waals surface area (Å²) >= 11 is 4.65. The molecule has 0 unspecified atom stereocenters. The molecule has 7 rings (SSSR count). The van der Waals surface area contributed by atoms with Gasteiger partial charge in [-0.05, 0) is 86.1 Å². The molecule has 0 spiro atoms. The third-order valence-electron chi connectivity index (χ3n) is 8.96. The molecule has 1 nitrogen and oxygen atoms in total. The predicted octanol–water partition coefficient (Wildman–Crippen LogP) is 10.8. The Balaban J connectivity index is 1.31. The summed E-state index contributed by atoms with van der Waals surface area (Å²) < 4.78 is 6.47. The van der Waals surface area contributed by atoms with Crippen molar-refractivity contribution < 1.29 is 4.74 Å². The lowest BCUT2D eigenvalue weighted by molar-refractivity contribution is 0.376. The van der Waals surface area contributed by atoms with E-state index < -0.39 is 0 Å². The predicted molar refractivity (Wildman–Crippen MR) is 183 cm³/mol. The molecule has 6 aromatic carbocycles. The molecule has 0 radical (unpaired) electrons. The molecule has 0 atom stereocenters. The Bertz CT molecular complexity index is 2030. The van der Waals surface area contributed by atoms with E-state index in [9.17, 15) is 0 Å². The smallest absolute Gasteiger partial charge is 0.131 e. The lowest BCUT2D eigenvalue weighted by atomic mass is 9.74. The van der Waals surface area contributed by atoms with Gasteiger partial charge in [0.25, 0.3) is 0 Å². The van der Waals surface area contributed by atoms with Crippen molar-refractivity contribution in [2.24, 2.45) is 0 Å². The third kappa shape index (κ3) is 4.42. The van der Waals surface area contributed by atoms with Crippen molar-refractivity contribution in [1.29, 1.82) is 0 Å². The molecule has 0 saturated carbocycles. The number of allylic oxidation sites excluding steroid dienone is 3. The number of ether oxygens (including phenoxy) is 1. The first-order chi connectivity index (χ1) is 20.5. The van der Waals surface area contributed by atoms with Crippen LogP contribution >= 0.6 is 12.6 Å². The first-order valence-electron chi connectivity index (χ1n) is 14.7. The maximum absolute atomic E-state index is 6.47. The molecule has 2 heteroatoms. The lowest BCUT2D eigenvalue weighted by Crippen LogP contribution is -2.28. The van der Waals surface area contributed by atoms with Crippen LogP contribution in [0.5, 0.6) is 5.75 Å². The number of fused-ring (bicyclic) bond motifs is 7. The van der Waals surface area contributed by atoms with Crippen LogP contribution in [0.2, 0.25) is 0 Å². The van der Waals surface area contributed by atoms with Crippen molar-refractivity contribution in [2.45, 2.75) is 32.6 Å². The molecule has 0 amide bonds. The third-order valence-corrected chi connectivity index (χ3v) is 9.25. The molecule has 1 heterocycles. The molecule has 206 valence electrons. The quantitative estimate of drug-likeness (QED) is 0.162. The standard InChI is InChI=1S/C40H34OS/c1-26-11-4-5-12-27(26)13-10-18-36-39(25-42)41-38-22-20-29(24-37(38)40(36,2)3)28-19-21-34-32-16-7-6-14-30(32)31-15-8-9-17-33(31)35(34)23-28/h4-12,14-24,42H,13,25H2,1-3H3/b18-10-. The van der Waals surface area contributed by atoms with E-state index in [0.29, 0.717) is 5.75 Å². The van der Waals surface area contributed by atoms with E-state index in [1.807, 2.05) is 0 Å². The second kappa shape index (κ2) is 10.5. The van der Waals surface area contributed by atoms with E-state index in [2.05, 4.69) is 155 Å². The average molecular weight is 563 g/mol. The fraction of sp³-hybridized carbons (Fsp3) is 0.150. The highest BCUT2D eigenvalue weighted by atomic mass is 32.1. The van der Waals surface area contributed by atoms with Crippen molar-refractivity contribution in [3.05, 3.63) is 149 Å². The van der Waals surface area contributed by atoms with Crippen molar-refractivity contribution in [2.75, 3.05) is 5.75 Å². The summed E-state index contributed by atoms with van der Waals surface area (Å²) in [4.78, 5) is 0. The SMILES string of the molecule is Cc1ccccc1C/C=C\C1=C(CS)Oc2ccc(-c3ccc4c5ccccc5c5ccccc5c4c3)cc2C1(C)C. The summed E-state index contributed by atoms with van der Waals surface area (Å²) in [7, 11) is 0. The fourth-order valence-corrected chi connectivity index (χ4v) is 6.85. The van der Waals surface area contributed by atoms with Crippen LogP contribution in [0.15, 0.2) is 133 Å². The van der Waals surface area contributed by atoms with E-state index in [1.54, 1.807) is 0 Å². The number of hydrogen-bond donors (Lipinski definition) is 1. The number of hydrogen-bond acceptors (Lipinski definition) is 2. The van der Waals surface area contributed by atoms with Gasteiger partial charge in [-0.25, -0.2) is 0 Å². The molecule has 0 bridgehead atoms. The van der Waals surface area contributed by atoms with E-state index in [-0.39, 0.29) is 5.41 Å². The molecule has 0 aromatic heterocycles. The van der Waals surface area contributed by atoms with Gasteiger partial charge in [-0.1, -0.05) is 117 Å². The number of rotatable bonds is 5. The highest BCUT2D eigenvalue weighted by molar-refractivity contribution is 7.80. The van der Waals surface area contributed by atoms with Crippen LogP contribution in [-0.4, -0.2) is 5.75 Å². The van der Waals surface area contributed by atoms with Gasteiger partial charge in [0, 0.05) is 22.3 Å². The summed E-state index contributed by atoms with van der Waals surface area (Å²) in [6.07, 6.45) is 5.40. The van der Waals surface area contributed by atoms with Crippen LogP contribution in [0.4, 0.5) is 0 Å². The first kappa shape index (κ1) is 26.6. The van der Waals surface area contributed by atoms with Gasteiger partial charge in [0.1, 0.15) is 11.5 Å². The zero-order valence-corrected chi connectivity index (χ0v) is 25.2.